The smallest absolute Gasteiger partial charge is 0.251 e. The number of aryl methyl sites for hydroxylation is 2. The van der Waals surface area contributed by atoms with Crippen LogP contribution in [0.15, 0.2) is 60.8 Å². The van der Waals surface area contributed by atoms with Crippen LogP contribution in [0.5, 0.6) is 0 Å². The highest BCUT2D eigenvalue weighted by molar-refractivity contribution is 5.95. The highest BCUT2D eigenvalue weighted by atomic mass is 16.3. The van der Waals surface area contributed by atoms with Crippen LogP contribution in [0.4, 0.5) is 0 Å². The van der Waals surface area contributed by atoms with Crippen LogP contribution in [-0.2, 0) is 6.54 Å². The van der Waals surface area contributed by atoms with Gasteiger partial charge in [-0.25, -0.2) is 0 Å². The number of aromatic nitrogens is 1. The average molecular weight is 360 g/mol. The molecule has 0 fully saturated rings. The highest BCUT2D eigenvalue weighted by Crippen LogP contribution is 2.26. The molecular formula is C23H24N2O2. The molecule has 138 valence electrons. The van der Waals surface area contributed by atoms with Gasteiger partial charge < -0.3 is 10.4 Å². The van der Waals surface area contributed by atoms with E-state index in [0.29, 0.717) is 12.1 Å². The number of rotatable bonds is 5. The second kappa shape index (κ2) is 8.14. The summed E-state index contributed by atoms with van der Waals surface area (Å²) in [4.78, 5) is 16.9. The predicted octanol–water partition coefficient (Wildman–Crippen LogP) is 4.35. The zero-order valence-electron chi connectivity index (χ0n) is 15.9. The van der Waals surface area contributed by atoms with Gasteiger partial charge in [0.05, 0.1) is 6.10 Å². The number of hydrogen-bond donors (Lipinski definition) is 2. The van der Waals surface area contributed by atoms with E-state index in [9.17, 15) is 9.90 Å². The average Bonchev–Trinajstić information content (AvgIpc) is 2.67. The van der Waals surface area contributed by atoms with E-state index in [1.54, 1.807) is 19.2 Å². The van der Waals surface area contributed by atoms with Crippen molar-refractivity contribution in [1.29, 1.82) is 0 Å². The van der Waals surface area contributed by atoms with E-state index in [1.807, 2.05) is 62.4 Å². The maximum absolute atomic E-state index is 12.7. The Balaban J connectivity index is 1.85. The Bertz CT molecular complexity index is 930. The molecular weight excluding hydrogens is 336 g/mol. The second-order valence-electron chi connectivity index (χ2n) is 6.88. The summed E-state index contributed by atoms with van der Waals surface area (Å²) in [5, 5.41) is 13.0. The minimum Gasteiger partial charge on any atom is -0.389 e. The van der Waals surface area contributed by atoms with E-state index in [2.05, 4.69) is 10.3 Å². The van der Waals surface area contributed by atoms with Gasteiger partial charge in [0.1, 0.15) is 0 Å². The molecule has 0 aliphatic rings. The standard InChI is InChI=1S/C23H24N2O2/c1-15-4-8-19(9-5-15)21-10-20(17(3)26)11-22(12-21)23(27)25-14-18-7-6-16(2)24-13-18/h4-13,17,26H,14H2,1-3H3,(H,25,27). The van der Waals surface area contributed by atoms with E-state index in [4.69, 9.17) is 0 Å². The maximum Gasteiger partial charge on any atom is 0.251 e. The molecule has 2 aromatic carbocycles. The van der Waals surface area contributed by atoms with Crippen LogP contribution in [0.1, 0.15) is 45.8 Å². The van der Waals surface area contributed by atoms with Crippen LogP contribution in [-0.4, -0.2) is 16.0 Å². The molecule has 1 atom stereocenters. The first-order valence-electron chi connectivity index (χ1n) is 9.02. The van der Waals surface area contributed by atoms with Gasteiger partial charge >= 0.3 is 0 Å². The Labute approximate surface area is 159 Å². The monoisotopic (exact) mass is 360 g/mol. The van der Waals surface area contributed by atoms with Crippen LogP contribution in [0.2, 0.25) is 0 Å². The molecule has 0 radical (unpaired) electrons. The molecule has 1 unspecified atom stereocenters. The van der Waals surface area contributed by atoms with Crippen molar-refractivity contribution in [3.8, 4) is 11.1 Å². The third-order valence-electron chi connectivity index (χ3n) is 4.51. The van der Waals surface area contributed by atoms with Crippen LogP contribution in [0.3, 0.4) is 0 Å². The number of nitrogens with one attached hydrogen (secondary N) is 1. The third kappa shape index (κ3) is 4.80. The lowest BCUT2D eigenvalue weighted by Gasteiger charge is -2.13. The fraction of sp³-hybridized carbons (Fsp3) is 0.217. The van der Waals surface area contributed by atoms with E-state index < -0.39 is 6.10 Å². The number of pyridine rings is 1. The fourth-order valence-corrected chi connectivity index (χ4v) is 2.82. The SMILES string of the molecule is Cc1ccc(-c2cc(C(=O)NCc3ccc(C)nc3)cc(C(C)O)c2)cc1. The summed E-state index contributed by atoms with van der Waals surface area (Å²) in [7, 11) is 0. The van der Waals surface area contributed by atoms with Crippen molar-refractivity contribution in [1.82, 2.24) is 10.3 Å². The number of carbonyl (C=O) groups excluding carboxylic acids is 1. The van der Waals surface area contributed by atoms with Crippen LogP contribution in [0.25, 0.3) is 11.1 Å². The number of benzene rings is 2. The Morgan fingerprint density at radius 1 is 1.04 bits per heavy atom. The summed E-state index contributed by atoms with van der Waals surface area (Å²) in [5.41, 5.74) is 6.24. The Kier molecular flexibility index (Phi) is 5.67. The van der Waals surface area contributed by atoms with E-state index in [1.165, 1.54) is 5.56 Å². The van der Waals surface area contributed by atoms with Crippen LogP contribution < -0.4 is 5.32 Å². The van der Waals surface area contributed by atoms with E-state index in [0.717, 1.165) is 27.9 Å². The molecule has 2 N–H and O–H groups in total. The molecule has 1 amide bonds. The predicted molar refractivity (Wildman–Crippen MR) is 107 cm³/mol. The maximum atomic E-state index is 12.7. The van der Waals surface area contributed by atoms with E-state index in [-0.39, 0.29) is 5.91 Å². The second-order valence-corrected chi connectivity index (χ2v) is 6.88. The summed E-state index contributed by atoms with van der Waals surface area (Å²) in [6.07, 6.45) is 1.11. The third-order valence-corrected chi connectivity index (χ3v) is 4.51. The first kappa shape index (κ1) is 18.8. The lowest BCUT2D eigenvalue weighted by Crippen LogP contribution is -2.23. The number of carbonyl (C=O) groups is 1. The summed E-state index contributed by atoms with van der Waals surface area (Å²) in [6, 6.07) is 17.5. The largest absolute Gasteiger partial charge is 0.389 e. The topological polar surface area (TPSA) is 62.2 Å². The van der Waals surface area contributed by atoms with Crippen LogP contribution in [0, 0.1) is 13.8 Å². The molecule has 27 heavy (non-hydrogen) atoms. The highest BCUT2D eigenvalue weighted by Gasteiger charge is 2.12. The number of aliphatic hydroxyl groups excluding tert-OH is 1. The quantitative estimate of drug-likeness (QED) is 0.711. The van der Waals surface area contributed by atoms with Gasteiger partial charge in [0.25, 0.3) is 5.91 Å². The molecule has 0 saturated carbocycles. The minimum absolute atomic E-state index is 0.175. The Morgan fingerprint density at radius 2 is 1.78 bits per heavy atom. The van der Waals surface area contributed by atoms with Gasteiger partial charge in [0.15, 0.2) is 0 Å². The van der Waals surface area contributed by atoms with Crippen molar-refractivity contribution in [2.24, 2.45) is 0 Å². The number of hydrogen-bond acceptors (Lipinski definition) is 3. The molecule has 1 heterocycles. The molecule has 1 aromatic heterocycles. The molecule has 0 bridgehead atoms. The van der Waals surface area contributed by atoms with Crippen molar-refractivity contribution in [2.75, 3.05) is 0 Å². The summed E-state index contributed by atoms with van der Waals surface area (Å²) in [6.45, 7) is 6.07. The number of amides is 1. The lowest BCUT2D eigenvalue weighted by atomic mass is 9.97. The van der Waals surface area contributed by atoms with Crippen molar-refractivity contribution in [2.45, 2.75) is 33.4 Å². The summed E-state index contributed by atoms with van der Waals surface area (Å²) >= 11 is 0. The molecule has 0 saturated heterocycles. The normalized spacial score (nSPS) is 11.9. The van der Waals surface area contributed by atoms with Gasteiger partial charge in [-0.3, -0.25) is 9.78 Å². The Morgan fingerprint density at radius 3 is 2.41 bits per heavy atom. The van der Waals surface area contributed by atoms with E-state index >= 15 is 0 Å². The Hall–Kier alpha value is -2.98. The summed E-state index contributed by atoms with van der Waals surface area (Å²) in [5.74, 6) is -0.175. The van der Waals surface area contributed by atoms with Gasteiger partial charge in [-0.15, -0.1) is 0 Å². The molecule has 0 spiro atoms. The van der Waals surface area contributed by atoms with Crippen molar-refractivity contribution < 1.29 is 9.90 Å². The van der Waals surface area contributed by atoms with Crippen LogP contribution >= 0.6 is 0 Å². The molecule has 3 aromatic rings. The zero-order chi connectivity index (χ0) is 19.4. The molecule has 0 aliphatic heterocycles. The molecule has 0 aliphatic carbocycles. The van der Waals surface area contributed by atoms with Gasteiger partial charge in [-0.2, -0.15) is 0 Å². The first-order chi connectivity index (χ1) is 12.9. The van der Waals surface area contributed by atoms with Crippen molar-refractivity contribution >= 4 is 5.91 Å². The fourth-order valence-electron chi connectivity index (χ4n) is 2.82. The summed E-state index contributed by atoms with van der Waals surface area (Å²) < 4.78 is 0. The number of aliphatic hydroxyl groups is 1. The van der Waals surface area contributed by atoms with Gasteiger partial charge in [0, 0.05) is 24.0 Å². The molecule has 4 heteroatoms. The molecule has 3 rings (SSSR count). The zero-order valence-corrected chi connectivity index (χ0v) is 15.9. The van der Waals surface area contributed by atoms with Gasteiger partial charge in [-0.1, -0.05) is 35.9 Å². The van der Waals surface area contributed by atoms with Crippen molar-refractivity contribution in [3.05, 3.63) is 88.7 Å². The lowest BCUT2D eigenvalue weighted by molar-refractivity contribution is 0.0950. The van der Waals surface area contributed by atoms with Gasteiger partial charge in [0.2, 0.25) is 0 Å². The first-order valence-corrected chi connectivity index (χ1v) is 9.02. The number of nitrogens with zero attached hydrogens (tertiary/aromatic N) is 1. The molecule has 4 nitrogen and oxygen atoms in total. The van der Waals surface area contributed by atoms with Gasteiger partial charge in [-0.05, 0) is 67.3 Å². The minimum atomic E-state index is -0.650. The van der Waals surface area contributed by atoms with Crippen molar-refractivity contribution in [3.63, 3.8) is 0 Å².